The summed E-state index contributed by atoms with van der Waals surface area (Å²) in [5.41, 5.74) is 2.10. The lowest BCUT2D eigenvalue weighted by atomic mass is 10.4. The number of aryl methyl sites for hydroxylation is 1. The van der Waals surface area contributed by atoms with Gasteiger partial charge < -0.3 is 10.3 Å². The van der Waals surface area contributed by atoms with E-state index in [1.807, 2.05) is 6.92 Å². The summed E-state index contributed by atoms with van der Waals surface area (Å²) < 4.78 is 0. The Morgan fingerprint density at radius 1 is 1.70 bits per heavy atom. The Hall–Kier alpha value is -2.14. The van der Waals surface area contributed by atoms with E-state index in [4.69, 9.17) is 0 Å². The normalized spacial score (nSPS) is 10.6. The Morgan fingerprint density at radius 2 is 2.50 bits per heavy atom. The Bertz CT molecular complexity index is 529. The maximum absolute atomic E-state index is 10.4. The molecular weight excluding hydrogens is 278 g/mol. The van der Waals surface area contributed by atoms with Crippen LogP contribution in [0.15, 0.2) is 18.3 Å². The van der Waals surface area contributed by atoms with Crippen LogP contribution in [0.1, 0.15) is 18.3 Å². The smallest absolute Gasteiger partial charge is 0.275 e. The second-order valence-electron chi connectivity index (χ2n) is 3.77. The summed E-state index contributed by atoms with van der Waals surface area (Å²) in [6, 6.07) is 2.57. The summed E-state index contributed by atoms with van der Waals surface area (Å²) in [5.74, 6) is 4.56. The highest BCUT2D eigenvalue weighted by molar-refractivity contribution is 7.98. The molecule has 0 bridgehead atoms. The van der Waals surface area contributed by atoms with Crippen LogP contribution in [0.2, 0.25) is 0 Å². The summed E-state index contributed by atoms with van der Waals surface area (Å²) in [5, 5.41) is 16.0. The van der Waals surface area contributed by atoms with Crippen LogP contribution < -0.4 is 10.6 Å². The largest absolute Gasteiger partial charge is 0.365 e. The van der Waals surface area contributed by atoms with Crippen molar-refractivity contribution in [3.05, 3.63) is 39.9 Å². The molecule has 20 heavy (non-hydrogen) atoms. The summed E-state index contributed by atoms with van der Waals surface area (Å²) in [6.45, 7) is 4.21. The molecule has 0 amide bonds. The quantitative estimate of drug-likeness (QED) is 0.219. The van der Waals surface area contributed by atoms with Crippen molar-refractivity contribution < 1.29 is 4.92 Å². The van der Waals surface area contributed by atoms with E-state index in [1.165, 1.54) is 0 Å². The van der Waals surface area contributed by atoms with Gasteiger partial charge in [-0.15, -0.1) is 0 Å². The van der Waals surface area contributed by atoms with Gasteiger partial charge in [0.1, 0.15) is 0 Å². The molecule has 108 valence electrons. The van der Waals surface area contributed by atoms with Crippen LogP contribution in [0.4, 0.5) is 0 Å². The molecule has 1 aromatic rings. The third-order valence-electron chi connectivity index (χ3n) is 2.30. The molecule has 0 radical (unpaired) electrons. The first-order valence-corrected chi connectivity index (χ1v) is 7.12. The highest BCUT2D eigenvalue weighted by atomic mass is 32.2. The lowest BCUT2D eigenvalue weighted by Crippen LogP contribution is -2.26. The number of rotatable bonds is 8. The van der Waals surface area contributed by atoms with Crippen LogP contribution in [0.25, 0.3) is 0 Å². The fraction of sp³-hybridized carbons (Fsp3) is 0.417. The Labute approximate surface area is 121 Å². The third kappa shape index (κ3) is 6.15. The fourth-order valence-corrected chi connectivity index (χ4v) is 2.21. The van der Waals surface area contributed by atoms with Gasteiger partial charge in [-0.05, 0) is 13.8 Å². The van der Waals surface area contributed by atoms with E-state index in [2.05, 4.69) is 32.6 Å². The van der Waals surface area contributed by atoms with Gasteiger partial charge in [-0.2, -0.15) is 11.8 Å². The van der Waals surface area contributed by atoms with Gasteiger partial charge in [0.2, 0.25) is 0 Å². The molecule has 1 rings (SSSR count). The number of H-pyrrole nitrogens is 1. The SMILES string of the molecule is CC#CN/C(=C/[N+](=O)[O-])NCCSCc1[nH]cnc1C. The van der Waals surface area contributed by atoms with Crippen LogP contribution in [0.3, 0.4) is 0 Å². The molecule has 0 aliphatic heterocycles. The molecule has 7 nitrogen and oxygen atoms in total. The number of nitro groups is 1. The van der Waals surface area contributed by atoms with Crippen LogP contribution in [0, 0.1) is 29.0 Å². The fourth-order valence-electron chi connectivity index (χ4n) is 1.32. The minimum Gasteiger partial charge on any atom is -0.365 e. The summed E-state index contributed by atoms with van der Waals surface area (Å²) in [4.78, 5) is 17.1. The zero-order chi connectivity index (χ0) is 14.8. The number of aromatic amines is 1. The molecule has 1 aromatic heterocycles. The van der Waals surface area contributed by atoms with Crippen molar-refractivity contribution in [1.82, 2.24) is 20.6 Å². The number of aromatic nitrogens is 2. The average Bonchev–Trinajstić information content (AvgIpc) is 2.80. The predicted molar refractivity (Wildman–Crippen MR) is 79.2 cm³/mol. The summed E-state index contributed by atoms with van der Waals surface area (Å²) in [6.07, 6.45) is 2.54. The number of thioether (sulfide) groups is 1. The van der Waals surface area contributed by atoms with Gasteiger partial charge in [0, 0.05) is 29.8 Å². The standard InChI is InChI=1S/C12H17N5O2S/c1-3-4-13-12(7-17(18)19)14-5-6-20-8-11-10(2)15-9-16-11/h7,9,13-14H,5-6,8H2,1-2H3,(H,15,16)/b12-7-. The molecule has 0 unspecified atom stereocenters. The van der Waals surface area contributed by atoms with Crippen molar-refractivity contribution in [3.8, 4) is 12.0 Å². The van der Waals surface area contributed by atoms with Crippen LogP contribution in [-0.2, 0) is 5.75 Å². The van der Waals surface area contributed by atoms with Crippen LogP contribution >= 0.6 is 11.8 Å². The molecule has 0 saturated heterocycles. The predicted octanol–water partition coefficient (Wildman–Crippen LogP) is 1.19. The van der Waals surface area contributed by atoms with Crippen molar-refractivity contribution in [1.29, 1.82) is 0 Å². The van der Waals surface area contributed by atoms with E-state index < -0.39 is 4.92 Å². The van der Waals surface area contributed by atoms with E-state index in [0.717, 1.165) is 29.1 Å². The number of hydrogen-bond acceptors (Lipinski definition) is 6. The zero-order valence-corrected chi connectivity index (χ0v) is 12.2. The second kappa shape index (κ2) is 8.87. The van der Waals surface area contributed by atoms with Gasteiger partial charge in [0.15, 0.2) is 5.82 Å². The van der Waals surface area contributed by atoms with Gasteiger partial charge >= 0.3 is 0 Å². The van der Waals surface area contributed by atoms with Gasteiger partial charge in [-0.1, -0.05) is 5.92 Å². The van der Waals surface area contributed by atoms with E-state index in [9.17, 15) is 10.1 Å². The first kappa shape index (κ1) is 15.9. The third-order valence-corrected chi connectivity index (χ3v) is 3.28. The van der Waals surface area contributed by atoms with Crippen molar-refractivity contribution in [2.24, 2.45) is 0 Å². The molecule has 0 spiro atoms. The van der Waals surface area contributed by atoms with Crippen molar-refractivity contribution in [2.75, 3.05) is 12.3 Å². The molecular formula is C12H17N5O2S. The minimum absolute atomic E-state index is 0.294. The lowest BCUT2D eigenvalue weighted by molar-refractivity contribution is -0.404. The number of nitrogens with zero attached hydrogens (tertiary/aromatic N) is 2. The molecule has 3 N–H and O–H groups in total. The molecule has 0 aliphatic rings. The van der Waals surface area contributed by atoms with E-state index >= 15 is 0 Å². The van der Waals surface area contributed by atoms with Gasteiger partial charge in [0.05, 0.1) is 16.9 Å². The summed E-state index contributed by atoms with van der Waals surface area (Å²) in [7, 11) is 0. The molecule has 0 aromatic carbocycles. The first-order valence-electron chi connectivity index (χ1n) is 5.97. The highest BCUT2D eigenvalue weighted by Gasteiger charge is 2.02. The maximum atomic E-state index is 10.4. The first-order chi connectivity index (χ1) is 9.63. The van der Waals surface area contributed by atoms with Gasteiger partial charge in [0.25, 0.3) is 6.20 Å². The van der Waals surface area contributed by atoms with E-state index in [1.54, 1.807) is 25.0 Å². The number of imidazole rings is 1. The molecule has 0 atom stereocenters. The Balaban J connectivity index is 2.28. The van der Waals surface area contributed by atoms with Gasteiger partial charge in [-0.3, -0.25) is 15.4 Å². The zero-order valence-electron chi connectivity index (χ0n) is 11.4. The van der Waals surface area contributed by atoms with Crippen molar-refractivity contribution in [2.45, 2.75) is 19.6 Å². The monoisotopic (exact) mass is 295 g/mol. The van der Waals surface area contributed by atoms with Crippen LogP contribution in [-0.4, -0.2) is 27.2 Å². The van der Waals surface area contributed by atoms with Crippen molar-refractivity contribution in [3.63, 3.8) is 0 Å². The maximum Gasteiger partial charge on any atom is 0.275 e. The number of hydrogen-bond donors (Lipinski definition) is 3. The van der Waals surface area contributed by atoms with E-state index in [-0.39, 0.29) is 0 Å². The summed E-state index contributed by atoms with van der Waals surface area (Å²) >= 11 is 1.72. The molecule has 8 heteroatoms. The minimum atomic E-state index is -0.520. The van der Waals surface area contributed by atoms with Crippen LogP contribution in [0.5, 0.6) is 0 Å². The van der Waals surface area contributed by atoms with E-state index in [0.29, 0.717) is 12.4 Å². The lowest BCUT2D eigenvalue weighted by Gasteiger charge is -2.06. The second-order valence-corrected chi connectivity index (χ2v) is 4.88. The average molecular weight is 295 g/mol. The van der Waals surface area contributed by atoms with Crippen molar-refractivity contribution >= 4 is 11.8 Å². The molecule has 0 saturated carbocycles. The Morgan fingerprint density at radius 3 is 3.10 bits per heavy atom. The molecule has 1 heterocycles. The number of nitrogens with one attached hydrogen (secondary N) is 3. The molecule has 0 fully saturated rings. The highest BCUT2D eigenvalue weighted by Crippen LogP contribution is 2.11. The molecule has 0 aliphatic carbocycles. The van der Waals surface area contributed by atoms with Gasteiger partial charge in [-0.25, -0.2) is 4.98 Å². The topological polar surface area (TPSA) is 95.9 Å². The Kier molecular flexibility index (Phi) is 7.06.